The summed E-state index contributed by atoms with van der Waals surface area (Å²) < 4.78 is 5.58. The fraction of sp³-hybridized carbons (Fsp3) is 0. The molecule has 0 amide bonds. The van der Waals surface area contributed by atoms with Gasteiger partial charge in [0.05, 0.1) is 0 Å². The van der Waals surface area contributed by atoms with Crippen molar-refractivity contribution in [3.8, 4) is 11.5 Å². The summed E-state index contributed by atoms with van der Waals surface area (Å²) in [6, 6.07) is 49.4. The molecule has 0 heterocycles. The molecule has 178 valence electrons. The number of ether oxygens (including phenoxy) is 1. The molecule has 2 nitrogen and oxygen atoms in total. The summed E-state index contributed by atoms with van der Waals surface area (Å²) in [5.41, 5.74) is 5.51. The van der Waals surface area contributed by atoms with Gasteiger partial charge in [-0.2, -0.15) is 0 Å². The minimum atomic E-state index is 0.0891. The first-order valence-corrected chi connectivity index (χ1v) is 12.2. The molecule has 0 aromatic heterocycles. The number of allylic oxidation sites excluding steroid dienone is 4. The van der Waals surface area contributed by atoms with E-state index in [0.717, 1.165) is 44.9 Å². The van der Waals surface area contributed by atoms with Gasteiger partial charge in [-0.3, -0.25) is 4.79 Å². The zero-order chi connectivity index (χ0) is 25.3. The molecule has 37 heavy (non-hydrogen) atoms. The SMILES string of the molecule is O=C1C(c2ccccc2)=CC(c2ccccc2)=C1c1ccccc1.c1ccc(Oc2ccccc2)cc1. The Morgan fingerprint density at radius 1 is 0.405 bits per heavy atom. The van der Waals surface area contributed by atoms with Crippen molar-refractivity contribution in [2.75, 3.05) is 0 Å². The maximum Gasteiger partial charge on any atom is 0.194 e. The Hall–Kier alpha value is -4.95. The topological polar surface area (TPSA) is 26.3 Å². The number of ketones is 1. The van der Waals surface area contributed by atoms with E-state index in [1.165, 1.54) is 0 Å². The molecule has 5 aromatic rings. The number of carbonyl (C=O) groups excluding carboxylic acids is 1. The summed E-state index contributed by atoms with van der Waals surface area (Å²) in [4.78, 5) is 13.2. The van der Waals surface area contributed by atoms with Gasteiger partial charge in [-0.25, -0.2) is 0 Å². The van der Waals surface area contributed by atoms with Gasteiger partial charge in [0.15, 0.2) is 5.78 Å². The molecule has 0 atom stereocenters. The van der Waals surface area contributed by atoms with Crippen LogP contribution in [0.5, 0.6) is 11.5 Å². The highest BCUT2D eigenvalue weighted by Crippen LogP contribution is 2.39. The second-order valence-electron chi connectivity index (χ2n) is 8.50. The van der Waals surface area contributed by atoms with Gasteiger partial charge in [0.1, 0.15) is 11.5 Å². The van der Waals surface area contributed by atoms with Crippen LogP contribution < -0.4 is 4.74 Å². The smallest absolute Gasteiger partial charge is 0.194 e. The zero-order valence-electron chi connectivity index (χ0n) is 20.3. The molecular weight excluding hydrogens is 452 g/mol. The summed E-state index contributed by atoms with van der Waals surface area (Å²) in [5, 5.41) is 0. The number of hydrogen-bond acceptors (Lipinski definition) is 2. The quantitative estimate of drug-likeness (QED) is 0.252. The lowest BCUT2D eigenvalue weighted by Gasteiger charge is -2.07. The summed E-state index contributed by atoms with van der Waals surface area (Å²) in [5.74, 6) is 1.83. The Labute approximate surface area is 217 Å². The number of Topliss-reactive ketones (excluding diaryl/α,β-unsaturated/α-hetero) is 1. The molecule has 0 N–H and O–H groups in total. The number of rotatable bonds is 5. The highest BCUT2D eigenvalue weighted by molar-refractivity contribution is 6.51. The highest BCUT2D eigenvalue weighted by atomic mass is 16.5. The van der Waals surface area contributed by atoms with E-state index in [1.807, 2.05) is 146 Å². The highest BCUT2D eigenvalue weighted by Gasteiger charge is 2.28. The van der Waals surface area contributed by atoms with Crippen LogP contribution in [0.25, 0.3) is 16.7 Å². The van der Waals surface area contributed by atoms with Crippen LogP contribution in [0, 0.1) is 0 Å². The number of hydrogen-bond donors (Lipinski definition) is 0. The molecule has 0 saturated carbocycles. The molecule has 0 unspecified atom stereocenters. The third kappa shape index (κ3) is 5.83. The van der Waals surface area contributed by atoms with Crippen molar-refractivity contribution in [3.05, 3.63) is 174 Å². The number of benzene rings is 5. The van der Waals surface area contributed by atoms with Gasteiger partial charge < -0.3 is 4.74 Å². The predicted molar refractivity (Wildman–Crippen MR) is 152 cm³/mol. The molecule has 5 aromatic carbocycles. The van der Waals surface area contributed by atoms with Crippen LogP contribution in [0.2, 0.25) is 0 Å². The van der Waals surface area contributed by atoms with Gasteiger partial charge >= 0.3 is 0 Å². The molecule has 1 aliphatic rings. The van der Waals surface area contributed by atoms with E-state index in [-0.39, 0.29) is 5.78 Å². The normalized spacial score (nSPS) is 12.4. The second-order valence-corrected chi connectivity index (χ2v) is 8.50. The number of carbonyl (C=O) groups is 1. The van der Waals surface area contributed by atoms with Crippen LogP contribution >= 0.6 is 0 Å². The lowest BCUT2D eigenvalue weighted by atomic mass is 9.95. The van der Waals surface area contributed by atoms with Crippen molar-refractivity contribution in [3.63, 3.8) is 0 Å². The van der Waals surface area contributed by atoms with Crippen LogP contribution in [0.4, 0.5) is 0 Å². The van der Waals surface area contributed by atoms with E-state index in [9.17, 15) is 4.79 Å². The molecule has 0 fully saturated rings. The Balaban J connectivity index is 0.000000182. The van der Waals surface area contributed by atoms with Crippen LogP contribution in [0.1, 0.15) is 16.7 Å². The van der Waals surface area contributed by atoms with Crippen molar-refractivity contribution in [1.29, 1.82) is 0 Å². The van der Waals surface area contributed by atoms with Crippen LogP contribution in [-0.4, -0.2) is 5.78 Å². The third-order valence-electron chi connectivity index (χ3n) is 5.98. The summed E-state index contributed by atoms with van der Waals surface area (Å²) >= 11 is 0. The Morgan fingerprint density at radius 2 is 0.784 bits per heavy atom. The molecule has 0 spiro atoms. The van der Waals surface area contributed by atoms with E-state index in [1.54, 1.807) is 0 Å². The monoisotopic (exact) mass is 478 g/mol. The Morgan fingerprint density at radius 3 is 1.24 bits per heavy atom. The van der Waals surface area contributed by atoms with Crippen LogP contribution in [0.15, 0.2) is 158 Å². The minimum absolute atomic E-state index is 0.0891. The molecule has 1 aliphatic carbocycles. The summed E-state index contributed by atoms with van der Waals surface area (Å²) in [6.45, 7) is 0. The first-order chi connectivity index (χ1) is 18.3. The van der Waals surface area contributed by atoms with Crippen molar-refractivity contribution >= 4 is 22.5 Å². The van der Waals surface area contributed by atoms with Gasteiger partial charge in [0.2, 0.25) is 0 Å². The van der Waals surface area contributed by atoms with Crippen molar-refractivity contribution in [2.24, 2.45) is 0 Å². The minimum Gasteiger partial charge on any atom is -0.457 e. The first-order valence-electron chi connectivity index (χ1n) is 12.2. The maximum atomic E-state index is 13.2. The lowest BCUT2D eigenvalue weighted by molar-refractivity contribution is -0.108. The third-order valence-corrected chi connectivity index (χ3v) is 5.98. The van der Waals surface area contributed by atoms with Crippen LogP contribution in [-0.2, 0) is 4.79 Å². The van der Waals surface area contributed by atoms with Crippen molar-refractivity contribution in [2.45, 2.75) is 0 Å². The van der Waals surface area contributed by atoms with E-state index >= 15 is 0 Å². The first kappa shape index (κ1) is 23.8. The molecular formula is C35H26O2. The molecule has 0 radical (unpaired) electrons. The van der Waals surface area contributed by atoms with E-state index in [4.69, 9.17) is 4.74 Å². The second kappa shape index (κ2) is 11.7. The van der Waals surface area contributed by atoms with Crippen molar-refractivity contribution < 1.29 is 9.53 Å². The van der Waals surface area contributed by atoms with Gasteiger partial charge in [-0.1, -0.05) is 127 Å². The maximum absolute atomic E-state index is 13.2. The van der Waals surface area contributed by atoms with E-state index in [2.05, 4.69) is 12.1 Å². The van der Waals surface area contributed by atoms with E-state index in [0.29, 0.717) is 0 Å². The summed E-state index contributed by atoms with van der Waals surface area (Å²) in [6.07, 6.45) is 2.02. The summed E-state index contributed by atoms with van der Waals surface area (Å²) in [7, 11) is 0. The Bertz CT molecular complexity index is 1470. The standard InChI is InChI=1S/C23H16O.C12H10O/c24-23-21(18-12-6-2-7-13-18)16-20(17-10-4-1-5-11-17)22(23)19-14-8-3-9-15-19;1-3-7-11(8-4-1)13-12-9-5-2-6-10-12/h1-16H;1-10H. The largest absolute Gasteiger partial charge is 0.457 e. The predicted octanol–water partition coefficient (Wildman–Crippen LogP) is 8.74. The molecule has 0 aliphatic heterocycles. The van der Waals surface area contributed by atoms with Gasteiger partial charge in [-0.05, 0) is 52.6 Å². The average Bonchev–Trinajstić information content (AvgIpc) is 3.33. The Kier molecular flexibility index (Phi) is 7.49. The van der Waals surface area contributed by atoms with Gasteiger partial charge in [-0.15, -0.1) is 0 Å². The fourth-order valence-electron chi connectivity index (χ4n) is 4.22. The lowest BCUT2D eigenvalue weighted by Crippen LogP contribution is -2.01. The average molecular weight is 479 g/mol. The van der Waals surface area contributed by atoms with Crippen LogP contribution in [0.3, 0.4) is 0 Å². The molecule has 0 saturated heterocycles. The zero-order valence-corrected chi connectivity index (χ0v) is 20.3. The van der Waals surface area contributed by atoms with Gasteiger partial charge in [0.25, 0.3) is 0 Å². The molecule has 6 rings (SSSR count). The number of para-hydroxylation sites is 2. The molecule has 2 heteroatoms. The van der Waals surface area contributed by atoms with Gasteiger partial charge in [0, 0.05) is 11.1 Å². The van der Waals surface area contributed by atoms with Crippen molar-refractivity contribution in [1.82, 2.24) is 0 Å². The van der Waals surface area contributed by atoms with E-state index < -0.39 is 0 Å². The molecule has 0 bridgehead atoms. The fourth-order valence-corrected chi connectivity index (χ4v) is 4.22.